The maximum atomic E-state index is 12.3. The second kappa shape index (κ2) is 6.72. The number of amides is 1. The van der Waals surface area contributed by atoms with Crippen LogP contribution >= 0.6 is 0 Å². The number of benzene rings is 1. The Morgan fingerprint density at radius 2 is 1.95 bits per heavy atom. The third-order valence-corrected chi connectivity index (χ3v) is 3.38. The van der Waals surface area contributed by atoms with Crippen LogP contribution in [0.2, 0.25) is 0 Å². The number of carbonyl (C=O) groups excluding carboxylic acids is 1. The summed E-state index contributed by atoms with van der Waals surface area (Å²) in [6.45, 7) is 0.541. The Hall–Kier alpha value is -2.88. The Morgan fingerprint density at radius 3 is 2.73 bits per heavy atom. The van der Waals surface area contributed by atoms with Crippen molar-refractivity contribution in [2.24, 2.45) is 0 Å². The van der Waals surface area contributed by atoms with Gasteiger partial charge in [-0.2, -0.15) is 0 Å². The van der Waals surface area contributed by atoms with Crippen molar-refractivity contribution < 1.29 is 9.21 Å². The first kappa shape index (κ1) is 14.1. The molecule has 0 aliphatic carbocycles. The number of nitrogens with zero attached hydrogens (tertiary/aromatic N) is 1. The van der Waals surface area contributed by atoms with Crippen LogP contribution < -0.4 is 5.32 Å². The van der Waals surface area contributed by atoms with Gasteiger partial charge in [-0.05, 0) is 29.7 Å². The normalized spacial score (nSPS) is 10.4. The third-order valence-electron chi connectivity index (χ3n) is 3.38. The molecule has 4 heteroatoms. The van der Waals surface area contributed by atoms with Crippen LogP contribution in [0.15, 0.2) is 71.6 Å². The van der Waals surface area contributed by atoms with E-state index in [9.17, 15) is 4.79 Å². The van der Waals surface area contributed by atoms with E-state index < -0.39 is 0 Å². The molecule has 0 atom stereocenters. The summed E-state index contributed by atoms with van der Waals surface area (Å²) in [5.74, 6) is 0.144. The van der Waals surface area contributed by atoms with Gasteiger partial charge in [-0.3, -0.25) is 9.78 Å². The fourth-order valence-electron chi connectivity index (χ4n) is 2.28. The number of hydrogen-bond donors (Lipinski definition) is 1. The number of rotatable bonds is 5. The lowest BCUT2D eigenvalue weighted by Crippen LogP contribution is -2.25. The summed E-state index contributed by atoms with van der Waals surface area (Å²) < 4.78 is 5.36. The van der Waals surface area contributed by atoms with Crippen LogP contribution in [-0.4, -0.2) is 17.4 Å². The lowest BCUT2D eigenvalue weighted by molar-refractivity contribution is 0.0927. The summed E-state index contributed by atoms with van der Waals surface area (Å²) in [4.78, 5) is 16.3. The van der Waals surface area contributed by atoms with Crippen molar-refractivity contribution in [1.82, 2.24) is 10.3 Å². The molecule has 1 amide bonds. The van der Waals surface area contributed by atoms with Crippen molar-refractivity contribution >= 4 is 5.91 Å². The van der Waals surface area contributed by atoms with Gasteiger partial charge in [-0.1, -0.05) is 36.4 Å². The summed E-state index contributed by atoms with van der Waals surface area (Å²) in [6, 6.07) is 15.4. The zero-order chi connectivity index (χ0) is 15.2. The van der Waals surface area contributed by atoms with Crippen molar-refractivity contribution in [2.45, 2.75) is 6.42 Å². The topological polar surface area (TPSA) is 55.1 Å². The molecule has 22 heavy (non-hydrogen) atoms. The van der Waals surface area contributed by atoms with E-state index in [0.29, 0.717) is 12.3 Å². The first-order valence-corrected chi connectivity index (χ1v) is 7.14. The van der Waals surface area contributed by atoms with Crippen LogP contribution in [0.5, 0.6) is 0 Å². The van der Waals surface area contributed by atoms with E-state index in [4.69, 9.17) is 4.42 Å². The van der Waals surface area contributed by atoms with Gasteiger partial charge in [0.15, 0.2) is 5.76 Å². The molecule has 3 aromatic rings. The van der Waals surface area contributed by atoms with Crippen LogP contribution in [0.1, 0.15) is 16.1 Å². The van der Waals surface area contributed by atoms with Crippen molar-refractivity contribution in [3.8, 4) is 11.1 Å². The Labute approximate surface area is 128 Å². The molecule has 110 valence electrons. The standard InChI is InChI=1S/C18H16N2O2/c21-18(20-11-8-14-5-4-10-19-13-14)17-16(9-12-22-17)15-6-2-1-3-7-15/h1-7,9-10,12-13H,8,11H2,(H,20,21). The van der Waals surface area contributed by atoms with Gasteiger partial charge in [0.25, 0.3) is 5.91 Å². The highest BCUT2D eigenvalue weighted by molar-refractivity contribution is 5.98. The molecule has 0 saturated carbocycles. The zero-order valence-corrected chi connectivity index (χ0v) is 12.0. The largest absolute Gasteiger partial charge is 0.459 e. The predicted molar refractivity (Wildman–Crippen MR) is 84.4 cm³/mol. The van der Waals surface area contributed by atoms with Crippen LogP contribution in [0.3, 0.4) is 0 Å². The van der Waals surface area contributed by atoms with Gasteiger partial charge in [-0.25, -0.2) is 0 Å². The van der Waals surface area contributed by atoms with E-state index in [1.807, 2.05) is 48.5 Å². The number of hydrogen-bond acceptors (Lipinski definition) is 3. The zero-order valence-electron chi connectivity index (χ0n) is 12.0. The molecule has 3 rings (SSSR count). The molecular formula is C18H16N2O2. The highest BCUT2D eigenvalue weighted by Crippen LogP contribution is 2.24. The second-order valence-electron chi connectivity index (χ2n) is 4.90. The lowest BCUT2D eigenvalue weighted by atomic mass is 10.1. The van der Waals surface area contributed by atoms with Gasteiger partial charge in [-0.15, -0.1) is 0 Å². The molecule has 0 unspecified atom stereocenters. The molecular weight excluding hydrogens is 276 g/mol. The van der Waals surface area contributed by atoms with Gasteiger partial charge in [0.2, 0.25) is 0 Å². The number of nitrogens with one attached hydrogen (secondary N) is 1. The number of furan rings is 1. The first-order chi connectivity index (χ1) is 10.8. The Kier molecular flexibility index (Phi) is 4.30. The van der Waals surface area contributed by atoms with Gasteiger partial charge in [0, 0.05) is 24.5 Å². The second-order valence-corrected chi connectivity index (χ2v) is 4.90. The van der Waals surface area contributed by atoms with Crippen molar-refractivity contribution in [1.29, 1.82) is 0 Å². The minimum atomic E-state index is -0.201. The Bertz CT molecular complexity index is 736. The average Bonchev–Trinajstić information content (AvgIpc) is 3.06. The first-order valence-electron chi connectivity index (χ1n) is 7.14. The van der Waals surface area contributed by atoms with Crippen LogP contribution in [0.4, 0.5) is 0 Å². The maximum absolute atomic E-state index is 12.3. The van der Waals surface area contributed by atoms with E-state index in [2.05, 4.69) is 10.3 Å². The summed E-state index contributed by atoms with van der Waals surface area (Å²) in [7, 11) is 0. The van der Waals surface area contributed by atoms with E-state index in [1.165, 1.54) is 0 Å². The number of pyridine rings is 1. The molecule has 0 aliphatic heterocycles. The Balaban J connectivity index is 1.65. The highest BCUT2D eigenvalue weighted by atomic mass is 16.3. The van der Waals surface area contributed by atoms with E-state index in [1.54, 1.807) is 18.7 Å². The smallest absolute Gasteiger partial charge is 0.287 e. The molecule has 0 spiro atoms. The predicted octanol–water partition coefficient (Wildman–Crippen LogP) is 3.31. The van der Waals surface area contributed by atoms with Crippen molar-refractivity contribution in [3.63, 3.8) is 0 Å². The average molecular weight is 292 g/mol. The molecule has 0 saturated heterocycles. The van der Waals surface area contributed by atoms with Crippen molar-refractivity contribution in [2.75, 3.05) is 6.54 Å². The van der Waals surface area contributed by atoms with Crippen molar-refractivity contribution in [3.05, 3.63) is 78.5 Å². The van der Waals surface area contributed by atoms with Gasteiger partial charge in [0.1, 0.15) is 0 Å². The van der Waals surface area contributed by atoms with Crippen LogP contribution in [0, 0.1) is 0 Å². The lowest BCUT2D eigenvalue weighted by Gasteiger charge is -2.05. The van der Waals surface area contributed by atoms with E-state index >= 15 is 0 Å². The van der Waals surface area contributed by atoms with Crippen LogP contribution in [0.25, 0.3) is 11.1 Å². The SMILES string of the molecule is O=C(NCCc1cccnc1)c1occc1-c1ccccc1. The minimum absolute atomic E-state index is 0.201. The Morgan fingerprint density at radius 1 is 1.09 bits per heavy atom. The van der Waals surface area contributed by atoms with Crippen LogP contribution in [-0.2, 0) is 6.42 Å². The highest BCUT2D eigenvalue weighted by Gasteiger charge is 2.16. The van der Waals surface area contributed by atoms with Gasteiger partial charge in [0.05, 0.1) is 6.26 Å². The minimum Gasteiger partial charge on any atom is -0.459 e. The molecule has 4 nitrogen and oxygen atoms in total. The summed E-state index contributed by atoms with van der Waals surface area (Å²) in [6.07, 6.45) is 5.81. The number of carbonyl (C=O) groups is 1. The summed E-state index contributed by atoms with van der Waals surface area (Å²) in [5.41, 5.74) is 2.86. The summed E-state index contributed by atoms with van der Waals surface area (Å²) >= 11 is 0. The molecule has 0 fully saturated rings. The fourth-order valence-corrected chi connectivity index (χ4v) is 2.28. The molecule has 0 bridgehead atoms. The summed E-state index contributed by atoms with van der Waals surface area (Å²) in [5, 5.41) is 2.88. The van der Waals surface area contributed by atoms with E-state index in [0.717, 1.165) is 23.1 Å². The molecule has 2 aromatic heterocycles. The molecule has 0 radical (unpaired) electrons. The molecule has 1 aromatic carbocycles. The third kappa shape index (κ3) is 3.23. The maximum Gasteiger partial charge on any atom is 0.287 e. The van der Waals surface area contributed by atoms with Gasteiger partial charge >= 0.3 is 0 Å². The quantitative estimate of drug-likeness (QED) is 0.785. The van der Waals surface area contributed by atoms with Gasteiger partial charge < -0.3 is 9.73 Å². The number of aromatic nitrogens is 1. The molecule has 2 heterocycles. The monoisotopic (exact) mass is 292 g/mol. The molecule has 1 N–H and O–H groups in total. The fraction of sp³-hybridized carbons (Fsp3) is 0.111. The molecule has 0 aliphatic rings. The van der Waals surface area contributed by atoms with E-state index in [-0.39, 0.29) is 5.91 Å².